The van der Waals surface area contributed by atoms with Gasteiger partial charge in [-0.25, -0.2) is 14.5 Å². The van der Waals surface area contributed by atoms with Gasteiger partial charge < -0.3 is 14.2 Å². The Kier molecular flexibility index (Phi) is 5.89. The molecule has 0 bridgehead atoms. The first-order chi connectivity index (χ1) is 14.2. The van der Waals surface area contributed by atoms with Gasteiger partial charge in [0.15, 0.2) is 23.9 Å². The first kappa shape index (κ1) is 19.2. The standard InChI is InChI=1S/C19H19N5O4S/c1-2-8-24-17(21-22-23-24)12-28-19(25)14-4-3-7-20-18(14)29-13-5-6-15-16(11-13)27-10-9-26-15/h3-7,11H,2,8-10,12H2,1H3. The lowest BCUT2D eigenvalue weighted by Gasteiger charge is -2.18. The van der Waals surface area contributed by atoms with Crippen LogP contribution in [0.15, 0.2) is 46.5 Å². The fraction of sp³-hybridized carbons (Fsp3) is 0.316. The molecule has 0 aliphatic carbocycles. The van der Waals surface area contributed by atoms with Gasteiger partial charge in [0.25, 0.3) is 0 Å². The van der Waals surface area contributed by atoms with Crippen LogP contribution in [0.3, 0.4) is 0 Å². The Morgan fingerprint density at radius 3 is 2.97 bits per heavy atom. The minimum absolute atomic E-state index is 0.00510. The van der Waals surface area contributed by atoms with Crippen molar-refractivity contribution in [2.75, 3.05) is 13.2 Å². The molecule has 0 amide bonds. The summed E-state index contributed by atoms with van der Waals surface area (Å²) in [5.41, 5.74) is 0.377. The Labute approximate surface area is 171 Å². The Bertz CT molecular complexity index is 1010. The number of pyridine rings is 1. The summed E-state index contributed by atoms with van der Waals surface area (Å²) in [6.07, 6.45) is 2.52. The average Bonchev–Trinajstić information content (AvgIpc) is 3.20. The van der Waals surface area contributed by atoms with Crippen molar-refractivity contribution in [1.29, 1.82) is 0 Å². The molecule has 4 rings (SSSR count). The molecule has 1 aromatic carbocycles. The summed E-state index contributed by atoms with van der Waals surface area (Å²) in [6.45, 7) is 3.73. The lowest BCUT2D eigenvalue weighted by atomic mass is 10.3. The van der Waals surface area contributed by atoms with Gasteiger partial charge in [0, 0.05) is 17.6 Å². The normalized spacial score (nSPS) is 12.6. The number of ether oxygens (including phenoxy) is 3. The van der Waals surface area contributed by atoms with Gasteiger partial charge in [0.05, 0.1) is 5.56 Å². The molecule has 150 valence electrons. The van der Waals surface area contributed by atoms with Gasteiger partial charge in [-0.1, -0.05) is 18.7 Å². The van der Waals surface area contributed by atoms with Crippen LogP contribution in [-0.2, 0) is 17.9 Å². The smallest absolute Gasteiger partial charge is 0.341 e. The summed E-state index contributed by atoms with van der Waals surface area (Å²) < 4.78 is 18.2. The van der Waals surface area contributed by atoms with Gasteiger partial charge in [-0.05, 0) is 47.2 Å². The van der Waals surface area contributed by atoms with Crippen LogP contribution in [0.5, 0.6) is 11.5 Å². The fourth-order valence-corrected chi connectivity index (χ4v) is 3.65. The van der Waals surface area contributed by atoms with Gasteiger partial charge in [0.2, 0.25) is 0 Å². The number of rotatable bonds is 7. The lowest BCUT2D eigenvalue weighted by molar-refractivity contribution is 0.0451. The van der Waals surface area contributed by atoms with E-state index in [1.807, 2.05) is 25.1 Å². The highest BCUT2D eigenvalue weighted by Crippen LogP contribution is 2.37. The molecule has 10 heteroatoms. The van der Waals surface area contributed by atoms with Crippen LogP contribution >= 0.6 is 11.8 Å². The highest BCUT2D eigenvalue weighted by molar-refractivity contribution is 7.99. The molecule has 1 aliphatic heterocycles. The SMILES string of the molecule is CCCn1nnnc1COC(=O)c1cccnc1Sc1ccc2c(c1)OCCO2. The van der Waals surface area contributed by atoms with E-state index in [1.165, 1.54) is 11.8 Å². The van der Waals surface area contributed by atoms with E-state index in [9.17, 15) is 4.79 Å². The first-order valence-corrected chi connectivity index (χ1v) is 10.0. The molecule has 29 heavy (non-hydrogen) atoms. The highest BCUT2D eigenvalue weighted by atomic mass is 32.2. The summed E-state index contributed by atoms with van der Waals surface area (Å²) in [6, 6.07) is 9.02. The second-order valence-corrected chi connectivity index (χ2v) is 7.22. The zero-order valence-corrected chi connectivity index (χ0v) is 16.6. The number of hydrogen-bond donors (Lipinski definition) is 0. The van der Waals surface area contributed by atoms with Crippen molar-refractivity contribution in [2.45, 2.75) is 36.4 Å². The zero-order chi connectivity index (χ0) is 20.1. The number of carbonyl (C=O) groups is 1. The van der Waals surface area contributed by atoms with Crippen LogP contribution < -0.4 is 9.47 Å². The van der Waals surface area contributed by atoms with E-state index in [-0.39, 0.29) is 6.61 Å². The predicted octanol–water partition coefficient (Wildman–Crippen LogP) is 2.76. The van der Waals surface area contributed by atoms with Crippen molar-refractivity contribution in [3.63, 3.8) is 0 Å². The fourth-order valence-electron chi connectivity index (χ4n) is 2.75. The number of tetrazole rings is 1. The van der Waals surface area contributed by atoms with Crippen LogP contribution in [-0.4, -0.2) is 44.4 Å². The number of aryl methyl sites for hydroxylation is 1. The van der Waals surface area contributed by atoms with Gasteiger partial charge >= 0.3 is 5.97 Å². The summed E-state index contributed by atoms with van der Waals surface area (Å²) in [5.74, 6) is 1.42. The minimum atomic E-state index is -0.482. The number of nitrogens with zero attached hydrogens (tertiary/aromatic N) is 5. The number of aromatic nitrogens is 5. The van der Waals surface area contributed by atoms with Crippen LogP contribution in [0.2, 0.25) is 0 Å². The third kappa shape index (κ3) is 4.48. The highest BCUT2D eigenvalue weighted by Gasteiger charge is 2.18. The molecular formula is C19H19N5O4S. The summed E-state index contributed by atoms with van der Waals surface area (Å²) in [4.78, 5) is 17.9. The number of carbonyl (C=O) groups excluding carboxylic acids is 1. The molecule has 1 aliphatic rings. The van der Waals surface area contributed by atoms with E-state index in [1.54, 1.807) is 23.0 Å². The Hall–Kier alpha value is -3.14. The molecule has 3 aromatic rings. The monoisotopic (exact) mass is 413 g/mol. The third-order valence-electron chi connectivity index (χ3n) is 4.09. The van der Waals surface area contributed by atoms with Crippen molar-refractivity contribution < 1.29 is 19.0 Å². The number of fused-ring (bicyclic) bond motifs is 1. The van der Waals surface area contributed by atoms with Crippen molar-refractivity contribution in [3.05, 3.63) is 47.9 Å². The Morgan fingerprint density at radius 1 is 1.24 bits per heavy atom. The number of benzene rings is 1. The van der Waals surface area contributed by atoms with Crippen molar-refractivity contribution in [2.24, 2.45) is 0 Å². The quantitative estimate of drug-likeness (QED) is 0.541. The predicted molar refractivity (Wildman–Crippen MR) is 103 cm³/mol. The molecule has 3 heterocycles. The maximum atomic E-state index is 12.7. The minimum Gasteiger partial charge on any atom is -0.486 e. The molecule has 0 saturated carbocycles. The van der Waals surface area contributed by atoms with Crippen molar-refractivity contribution in [3.8, 4) is 11.5 Å². The second-order valence-electron chi connectivity index (χ2n) is 6.16. The average molecular weight is 413 g/mol. The van der Waals surface area contributed by atoms with E-state index in [0.29, 0.717) is 47.7 Å². The molecule has 0 spiro atoms. The molecule has 0 saturated heterocycles. The van der Waals surface area contributed by atoms with Gasteiger partial charge in [-0.2, -0.15) is 0 Å². The van der Waals surface area contributed by atoms with E-state index in [2.05, 4.69) is 20.5 Å². The maximum absolute atomic E-state index is 12.7. The molecule has 2 aromatic heterocycles. The van der Waals surface area contributed by atoms with Crippen LogP contribution in [0.1, 0.15) is 29.5 Å². The van der Waals surface area contributed by atoms with Gasteiger partial charge in [0.1, 0.15) is 18.2 Å². The third-order valence-corrected chi connectivity index (χ3v) is 5.10. The number of hydrogen-bond acceptors (Lipinski definition) is 9. The van der Waals surface area contributed by atoms with Gasteiger partial charge in [-0.3, -0.25) is 0 Å². The van der Waals surface area contributed by atoms with Gasteiger partial charge in [-0.15, -0.1) is 5.10 Å². The summed E-state index contributed by atoms with van der Waals surface area (Å²) >= 11 is 1.36. The molecule has 0 unspecified atom stereocenters. The van der Waals surface area contributed by atoms with Crippen LogP contribution in [0.4, 0.5) is 0 Å². The van der Waals surface area contributed by atoms with Crippen LogP contribution in [0.25, 0.3) is 0 Å². The Balaban J connectivity index is 1.47. The number of esters is 1. The largest absolute Gasteiger partial charge is 0.486 e. The first-order valence-electron chi connectivity index (χ1n) is 9.19. The zero-order valence-electron chi connectivity index (χ0n) is 15.8. The lowest BCUT2D eigenvalue weighted by Crippen LogP contribution is -2.15. The van der Waals surface area contributed by atoms with Crippen molar-refractivity contribution >= 4 is 17.7 Å². The summed E-state index contributed by atoms with van der Waals surface area (Å²) in [5, 5.41) is 12.0. The summed E-state index contributed by atoms with van der Waals surface area (Å²) in [7, 11) is 0. The topological polar surface area (TPSA) is 101 Å². The van der Waals surface area contributed by atoms with Crippen LogP contribution in [0, 0.1) is 0 Å². The Morgan fingerprint density at radius 2 is 2.10 bits per heavy atom. The van der Waals surface area contributed by atoms with Crippen molar-refractivity contribution in [1.82, 2.24) is 25.2 Å². The molecular weight excluding hydrogens is 394 g/mol. The maximum Gasteiger partial charge on any atom is 0.341 e. The molecule has 0 N–H and O–H groups in total. The van der Waals surface area contributed by atoms with E-state index in [4.69, 9.17) is 14.2 Å². The molecule has 0 fully saturated rings. The van der Waals surface area contributed by atoms with E-state index >= 15 is 0 Å². The van der Waals surface area contributed by atoms with E-state index in [0.717, 1.165) is 11.3 Å². The molecule has 0 atom stereocenters. The second kappa shape index (κ2) is 8.91. The molecule has 9 nitrogen and oxygen atoms in total. The molecule has 0 radical (unpaired) electrons. The van der Waals surface area contributed by atoms with E-state index < -0.39 is 5.97 Å².